The summed E-state index contributed by atoms with van der Waals surface area (Å²) in [6, 6.07) is 4.88. The van der Waals surface area contributed by atoms with Crippen molar-refractivity contribution in [2.45, 2.75) is 6.42 Å². The zero-order chi connectivity index (χ0) is 9.97. The number of hydrogen-bond donors (Lipinski definition) is 1. The predicted molar refractivity (Wildman–Crippen MR) is 56.9 cm³/mol. The van der Waals surface area contributed by atoms with Gasteiger partial charge in [-0.1, -0.05) is 35.4 Å². The van der Waals surface area contributed by atoms with Crippen LogP contribution in [-0.2, 0) is 0 Å². The van der Waals surface area contributed by atoms with Gasteiger partial charge in [0.25, 0.3) is 0 Å². The van der Waals surface area contributed by atoms with E-state index in [1.54, 1.807) is 6.07 Å². The van der Waals surface area contributed by atoms with E-state index in [2.05, 4.69) is 5.32 Å². The van der Waals surface area contributed by atoms with Crippen molar-refractivity contribution in [1.82, 2.24) is 5.32 Å². The summed E-state index contributed by atoms with van der Waals surface area (Å²) in [4.78, 5) is 0. The second kappa shape index (κ2) is 4.11. The van der Waals surface area contributed by atoms with E-state index in [9.17, 15) is 4.39 Å². The summed E-state index contributed by atoms with van der Waals surface area (Å²) in [6.07, 6.45) is 2.98. The van der Waals surface area contributed by atoms with Crippen LogP contribution in [0, 0.1) is 5.82 Å². The lowest BCUT2D eigenvalue weighted by molar-refractivity contribution is 0.628. The molecule has 1 fully saturated rings. The maximum absolute atomic E-state index is 13.1. The summed E-state index contributed by atoms with van der Waals surface area (Å²) in [5.41, 5.74) is 2.04. The van der Waals surface area contributed by atoms with Gasteiger partial charge in [0.1, 0.15) is 5.82 Å². The van der Waals surface area contributed by atoms with Crippen LogP contribution >= 0.6 is 11.6 Å². The highest BCUT2D eigenvalue weighted by Gasteiger charge is 2.08. The van der Waals surface area contributed by atoms with E-state index in [0.717, 1.165) is 25.1 Å². The molecule has 3 heteroatoms. The zero-order valence-corrected chi connectivity index (χ0v) is 8.44. The Kier molecular flexibility index (Phi) is 2.85. The molecule has 74 valence electrons. The number of halogens is 2. The maximum atomic E-state index is 13.1. The van der Waals surface area contributed by atoms with Gasteiger partial charge in [-0.25, -0.2) is 4.39 Å². The van der Waals surface area contributed by atoms with E-state index >= 15 is 0 Å². The molecule has 0 saturated carbocycles. The van der Waals surface area contributed by atoms with Crippen LogP contribution in [-0.4, -0.2) is 13.1 Å². The zero-order valence-electron chi connectivity index (χ0n) is 7.69. The minimum atomic E-state index is -0.355. The van der Waals surface area contributed by atoms with Crippen LogP contribution in [0.1, 0.15) is 12.0 Å². The second-order valence-electron chi connectivity index (χ2n) is 3.37. The summed E-state index contributed by atoms with van der Waals surface area (Å²) in [6.45, 7) is 1.88. The summed E-state index contributed by atoms with van der Waals surface area (Å²) < 4.78 is 13.1. The Morgan fingerprint density at radius 1 is 1.43 bits per heavy atom. The van der Waals surface area contributed by atoms with Gasteiger partial charge >= 0.3 is 0 Å². The fraction of sp³-hybridized carbons (Fsp3) is 0.273. The molecule has 0 spiro atoms. The predicted octanol–water partition coefficient (Wildman–Crippen LogP) is 2.86. The van der Waals surface area contributed by atoms with Gasteiger partial charge in [0.2, 0.25) is 0 Å². The van der Waals surface area contributed by atoms with E-state index in [4.69, 9.17) is 11.6 Å². The smallest absolute Gasteiger partial charge is 0.142 e. The van der Waals surface area contributed by atoms with Crippen molar-refractivity contribution in [2.24, 2.45) is 0 Å². The number of hydrogen-bond acceptors (Lipinski definition) is 1. The highest BCUT2D eigenvalue weighted by atomic mass is 35.5. The topological polar surface area (TPSA) is 12.0 Å². The lowest BCUT2D eigenvalue weighted by Crippen LogP contribution is -2.04. The van der Waals surface area contributed by atoms with Gasteiger partial charge < -0.3 is 5.32 Å². The molecule has 0 aromatic heterocycles. The van der Waals surface area contributed by atoms with Crippen molar-refractivity contribution < 1.29 is 4.39 Å². The van der Waals surface area contributed by atoms with Gasteiger partial charge in [-0.05, 0) is 24.6 Å². The van der Waals surface area contributed by atoms with Gasteiger partial charge in [0.05, 0.1) is 5.02 Å². The van der Waals surface area contributed by atoms with Gasteiger partial charge in [0, 0.05) is 6.54 Å². The van der Waals surface area contributed by atoms with Gasteiger partial charge in [-0.15, -0.1) is 0 Å². The third-order valence-electron chi connectivity index (χ3n) is 2.32. The first-order valence-corrected chi connectivity index (χ1v) is 4.99. The molecular formula is C11H11ClFN. The minimum Gasteiger partial charge on any atom is -0.313 e. The van der Waals surface area contributed by atoms with Gasteiger partial charge in [0.15, 0.2) is 0 Å². The molecule has 1 saturated heterocycles. The Labute approximate surface area is 87.6 Å². The van der Waals surface area contributed by atoms with Crippen molar-refractivity contribution in [3.63, 3.8) is 0 Å². The minimum absolute atomic E-state index is 0.215. The Hall–Kier alpha value is -0.860. The summed E-state index contributed by atoms with van der Waals surface area (Å²) in [7, 11) is 0. The Morgan fingerprint density at radius 3 is 3.00 bits per heavy atom. The van der Waals surface area contributed by atoms with E-state index in [1.807, 2.05) is 12.1 Å². The molecule has 0 unspecified atom stereocenters. The van der Waals surface area contributed by atoms with Crippen LogP contribution in [0.2, 0.25) is 5.02 Å². The Bertz CT molecular complexity index is 366. The quantitative estimate of drug-likeness (QED) is 0.753. The molecule has 1 aliphatic heterocycles. The van der Waals surface area contributed by atoms with E-state index in [-0.39, 0.29) is 10.8 Å². The molecule has 0 atom stereocenters. The van der Waals surface area contributed by atoms with Crippen molar-refractivity contribution in [1.29, 1.82) is 0 Å². The van der Waals surface area contributed by atoms with Crippen LogP contribution in [0.15, 0.2) is 23.8 Å². The monoisotopic (exact) mass is 211 g/mol. The van der Waals surface area contributed by atoms with Crippen LogP contribution in [0.5, 0.6) is 0 Å². The van der Waals surface area contributed by atoms with Crippen LogP contribution < -0.4 is 5.32 Å². The molecule has 0 bridgehead atoms. The SMILES string of the molecule is Fc1cccc(/C=C2/CCNC2)c1Cl. The molecule has 2 rings (SSSR count). The van der Waals surface area contributed by atoms with Crippen molar-refractivity contribution in [3.05, 3.63) is 40.2 Å². The van der Waals surface area contributed by atoms with E-state index in [0.29, 0.717) is 0 Å². The molecule has 1 heterocycles. The lowest BCUT2D eigenvalue weighted by atomic mass is 10.1. The van der Waals surface area contributed by atoms with Crippen LogP contribution in [0.25, 0.3) is 6.08 Å². The van der Waals surface area contributed by atoms with Crippen LogP contribution in [0.3, 0.4) is 0 Å². The first kappa shape index (κ1) is 9.69. The first-order valence-electron chi connectivity index (χ1n) is 4.61. The average Bonchev–Trinajstić information content (AvgIpc) is 2.66. The fourth-order valence-corrected chi connectivity index (χ4v) is 1.74. The first-order chi connectivity index (χ1) is 6.77. The number of rotatable bonds is 1. The average molecular weight is 212 g/mol. The third kappa shape index (κ3) is 1.97. The summed E-state index contributed by atoms with van der Waals surface area (Å²) in [5.74, 6) is -0.355. The number of nitrogens with one attached hydrogen (secondary N) is 1. The van der Waals surface area contributed by atoms with E-state index in [1.165, 1.54) is 11.6 Å². The summed E-state index contributed by atoms with van der Waals surface area (Å²) in [5, 5.41) is 3.44. The van der Waals surface area contributed by atoms with Crippen molar-refractivity contribution in [3.8, 4) is 0 Å². The van der Waals surface area contributed by atoms with E-state index < -0.39 is 0 Å². The molecule has 1 aromatic carbocycles. The van der Waals surface area contributed by atoms with Crippen LogP contribution in [0.4, 0.5) is 4.39 Å². The van der Waals surface area contributed by atoms with Crippen molar-refractivity contribution in [2.75, 3.05) is 13.1 Å². The highest BCUT2D eigenvalue weighted by molar-refractivity contribution is 6.32. The second-order valence-corrected chi connectivity index (χ2v) is 3.75. The third-order valence-corrected chi connectivity index (χ3v) is 2.71. The molecule has 1 aromatic rings. The summed E-state index contributed by atoms with van der Waals surface area (Å²) >= 11 is 5.83. The van der Waals surface area contributed by atoms with Gasteiger partial charge in [-0.3, -0.25) is 0 Å². The Morgan fingerprint density at radius 2 is 2.29 bits per heavy atom. The largest absolute Gasteiger partial charge is 0.313 e. The maximum Gasteiger partial charge on any atom is 0.142 e. The molecular weight excluding hydrogens is 201 g/mol. The standard InChI is InChI=1S/C11H11ClFN/c12-11-9(2-1-3-10(11)13)6-8-4-5-14-7-8/h1-3,6,14H,4-5,7H2/b8-6-. The number of benzene rings is 1. The van der Waals surface area contributed by atoms with Gasteiger partial charge in [-0.2, -0.15) is 0 Å². The molecule has 1 N–H and O–H groups in total. The lowest BCUT2D eigenvalue weighted by Gasteiger charge is -2.00. The Balaban J connectivity index is 2.32. The molecule has 0 amide bonds. The highest BCUT2D eigenvalue weighted by Crippen LogP contribution is 2.23. The molecule has 0 aliphatic carbocycles. The molecule has 1 aliphatic rings. The molecule has 0 radical (unpaired) electrons. The normalized spacial score (nSPS) is 19.1. The molecule has 14 heavy (non-hydrogen) atoms. The molecule has 1 nitrogen and oxygen atoms in total. The fourth-order valence-electron chi connectivity index (χ4n) is 1.56. The van der Waals surface area contributed by atoms with Crippen molar-refractivity contribution >= 4 is 17.7 Å².